The van der Waals surface area contributed by atoms with Crippen LogP contribution in [-0.4, -0.2) is 17.6 Å². The van der Waals surface area contributed by atoms with Crippen molar-refractivity contribution in [1.29, 1.82) is 0 Å². The van der Waals surface area contributed by atoms with Gasteiger partial charge in [0.05, 0.1) is 5.75 Å². The molecule has 0 radical (unpaired) electrons. The van der Waals surface area contributed by atoms with Gasteiger partial charge in [0.15, 0.2) is 0 Å². The molecule has 1 saturated heterocycles. The second kappa shape index (κ2) is 11.2. The first-order valence-electron chi connectivity index (χ1n) is 10.7. The third-order valence-electron chi connectivity index (χ3n) is 5.19. The fraction of sp³-hybridized carbons (Fsp3) is 0.417. The number of carbonyl (C=O) groups is 2. The third kappa shape index (κ3) is 6.08. The largest absolute Gasteiger partial charge is 0.326 e. The lowest BCUT2D eigenvalue weighted by Gasteiger charge is -2.24. The standard InChI is InChI=1S/C24H29FN2O2S/c1-2-3-4-5-6-7-11-22(28)26-20-10-8-9-18(16-20)24-27(23(29)17-30-24)21-14-12-19(25)13-15-21/h8-10,12-16,24H,2-7,11,17H2,1H3,(H,26,28)/t24-/m1/s1. The normalized spacial score (nSPS) is 16.1. The van der Waals surface area contributed by atoms with Crippen molar-refractivity contribution in [2.75, 3.05) is 16.0 Å². The molecule has 0 bridgehead atoms. The van der Waals surface area contributed by atoms with Crippen molar-refractivity contribution in [2.24, 2.45) is 0 Å². The van der Waals surface area contributed by atoms with Crippen LogP contribution in [0, 0.1) is 5.82 Å². The number of rotatable bonds is 10. The van der Waals surface area contributed by atoms with Gasteiger partial charge in [0, 0.05) is 17.8 Å². The Kier molecular flexibility index (Phi) is 8.31. The number of hydrogen-bond donors (Lipinski definition) is 1. The summed E-state index contributed by atoms with van der Waals surface area (Å²) in [7, 11) is 0. The van der Waals surface area contributed by atoms with E-state index in [1.54, 1.807) is 17.0 Å². The van der Waals surface area contributed by atoms with E-state index in [9.17, 15) is 14.0 Å². The van der Waals surface area contributed by atoms with Gasteiger partial charge in [-0.2, -0.15) is 0 Å². The van der Waals surface area contributed by atoms with E-state index in [4.69, 9.17) is 0 Å². The molecule has 6 heteroatoms. The van der Waals surface area contributed by atoms with E-state index in [0.717, 1.165) is 24.1 Å². The molecule has 1 heterocycles. The second-order valence-electron chi connectivity index (χ2n) is 7.59. The summed E-state index contributed by atoms with van der Waals surface area (Å²) in [5.41, 5.74) is 2.35. The molecule has 0 aromatic heterocycles. The molecule has 1 fully saturated rings. The summed E-state index contributed by atoms with van der Waals surface area (Å²) in [5, 5.41) is 2.78. The van der Waals surface area contributed by atoms with Crippen LogP contribution in [0.3, 0.4) is 0 Å². The van der Waals surface area contributed by atoms with Crippen LogP contribution >= 0.6 is 11.8 Å². The van der Waals surface area contributed by atoms with E-state index in [-0.39, 0.29) is 23.0 Å². The predicted octanol–water partition coefficient (Wildman–Crippen LogP) is 6.29. The quantitative estimate of drug-likeness (QED) is 0.452. The molecule has 2 aromatic carbocycles. The molecule has 160 valence electrons. The Morgan fingerprint density at radius 1 is 1.10 bits per heavy atom. The number of unbranched alkanes of at least 4 members (excludes halogenated alkanes) is 5. The van der Waals surface area contributed by atoms with E-state index in [0.29, 0.717) is 17.9 Å². The van der Waals surface area contributed by atoms with Gasteiger partial charge in [0.2, 0.25) is 11.8 Å². The van der Waals surface area contributed by atoms with Gasteiger partial charge in [-0.25, -0.2) is 4.39 Å². The molecule has 0 spiro atoms. The number of nitrogens with zero attached hydrogens (tertiary/aromatic N) is 1. The summed E-state index contributed by atoms with van der Waals surface area (Å²) in [6.45, 7) is 2.19. The molecule has 1 N–H and O–H groups in total. The van der Waals surface area contributed by atoms with Crippen LogP contribution in [0.1, 0.15) is 62.8 Å². The van der Waals surface area contributed by atoms with Crippen molar-refractivity contribution in [3.8, 4) is 0 Å². The fourth-order valence-electron chi connectivity index (χ4n) is 3.61. The molecule has 0 saturated carbocycles. The SMILES string of the molecule is CCCCCCCCC(=O)Nc1cccc([C@H]2SCC(=O)N2c2ccc(F)cc2)c1. The van der Waals surface area contributed by atoms with Crippen molar-refractivity contribution in [1.82, 2.24) is 0 Å². The number of anilines is 2. The molecule has 2 aromatic rings. The van der Waals surface area contributed by atoms with E-state index in [1.165, 1.54) is 49.6 Å². The van der Waals surface area contributed by atoms with Crippen LogP contribution in [0.4, 0.5) is 15.8 Å². The van der Waals surface area contributed by atoms with Crippen LogP contribution in [-0.2, 0) is 9.59 Å². The van der Waals surface area contributed by atoms with Crippen molar-refractivity contribution in [3.05, 3.63) is 59.9 Å². The van der Waals surface area contributed by atoms with Crippen molar-refractivity contribution >= 4 is 35.0 Å². The molecular weight excluding hydrogens is 399 g/mol. The van der Waals surface area contributed by atoms with Crippen LogP contribution < -0.4 is 10.2 Å². The third-order valence-corrected chi connectivity index (χ3v) is 6.40. The predicted molar refractivity (Wildman–Crippen MR) is 122 cm³/mol. The van der Waals surface area contributed by atoms with E-state index >= 15 is 0 Å². The molecule has 2 amide bonds. The van der Waals surface area contributed by atoms with Crippen LogP contribution in [0.2, 0.25) is 0 Å². The van der Waals surface area contributed by atoms with E-state index < -0.39 is 0 Å². The zero-order valence-electron chi connectivity index (χ0n) is 17.4. The van der Waals surface area contributed by atoms with Crippen molar-refractivity contribution < 1.29 is 14.0 Å². The monoisotopic (exact) mass is 428 g/mol. The molecule has 3 rings (SSSR count). The van der Waals surface area contributed by atoms with Crippen LogP contribution in [0.15, 0.2) is 48.5 Å². The summed E-state index contributed by atoms with van der Waals surface area (Å²) in [6.07, 6.45) is 7.41. The average molecular weight is 429 g/mol. The van der Waals surface area contributed by atoms with Gasteiger partial charge in [-0.15, -0.1) is 11.8 Å². The van der Waals surface area contributed by atoms with Crippen molar-refractivity contribution in [3.63, 3.8) is 0 Å². The minimum Gasteiger partial charge on any atom is -0.326 e. The summed E-state index contributed by atoms with van der Waals surface area (Å²) in [4.78, 5) is 26.4. The van der Waals surface area contributed by atoms with Gasteiger partial charge >= 0.3 is 0 Å². The highest BCUT2D eigenvalue weighted by Crippen LogP contribution is 2.42. The lowest BCUT2D eigenvalue weighted by molar-refractivity contribution is -0.117. The molecule has 1 atom stereocenters. The molecule has 0 aliphatic carbocycles. The minimum atomic E-state index is -0.329. The van der Waals surface area contributed by atoms with Gasteiger partial charge in [0.25, 0.3) is 0 Å². The number of amides is 2. The maximum atomic E-state index is 13.3. The van der Waals surface area contributed by atoms with Gasteiger partial charge in [0.1, 0.15) is 11.2 Å². The zero-order chi connectivity index (χ0) is 21.3. The number of carbonyl (C=O) groups excluding carboxylic acids is 2. The average Bonchev–Trinajstić information content (AvgIpc) is 3.13. The summed E-state index contributed by atoms with van der Waals surface area (Å²) in [5.74, 6) is 0.0587. The Balaban J connectivity index is 1.61. The second-order valence-corrected chi connectivity index (χ2v) is 8.66. The van der Waals surface area contributed by atoms with Gasteiger partial charge in [-0.05, 0) is 48.4 Å². The zero-order valence-corrected chi connectivity index (χ0v) is 18.2. The Hall–Kier alpha value is -2.34. The van der Waals surface area contributed by atoms with Crippen LogP contribution in [0.25, 0.3) is 0 Å². The summed E-state index contributed by atoms with van der Waals surface area (Å²) in [6, 6.07) is 13.6. The minimum absolute atomic E-state index is 0.00544. The van der Waals surface area contributed by atoms with Gasteiger partial charge in [-0.1, -0.05) is 51.2 Å². The first-order chi connectivity index (χ1) is 14.6. The molecule has 1 aliphatic heterocycles. The highest BCUT2D eigenvalue weighted by molar-refractivity contribution is 8.00. The molecule has 0 unspecified atom stereocenters. The van der Waals surface area contributed by atoms with E-state index in [2.05, 4.69) is 12.2 Å². The molecular formula is C24H29FN2O2S. The molecule has 4 nitrogen and oxygen atoms in total. The molecule has 1 aliphatic rings. The first kappa shape index (κ1) is 22.3. The Labute approximate surface area is 182 Å². The van der Waals surface area contributed by atoms with Crippen molar-refractivity contribution in [2.45, 2.75) is 57.2 Å². The van der Waals surface area contributed by atoms with Crippen LogP contribution in [0.5, 0.6) is 0 Å². The Morgan fingerprint density at radius 2 is 1.83 bits per heavy atom. The first-order valence-corrected chi connectivity index (χ1v) is 11.7. The number of benzene rings is 2. The summed E-state index contributed by atoms with van der Waals surface area (Å²) >= 11 is 1.53. The fourth-order valence-corrected chi connectivity index (χ4v) is 4.78. The topological polar surface area (TPSA) is 49.4 Å². The Bertz CT molecular complexity index is 857. The number of hydrogen-bond acceptors (Lipinski definition) is 3. The summed E-state index contributed by atoms with van der Waals surface area (Å²) < 4.78 is 13.3. The maximum Gasteiger partial charge on any atom is 0.238 e. The van der Waals surface area contributed by atoms with Gasteiger partial charge in [-0.3, -0.25) is 14.5 Å². The lowest BCUT2D eigenvalue weighted by Crippen LogP contribution is -2.27. The molecule has 30 heavy (non-hydrogen) atoms. The Morgan fingerprint density at radius 3 is 2.60 bits per heavy atom. The smallest absolute Gasteiger partial charge is 0.238 e. The van der Waals surface area contributed by atoms with E-state index in [1.807, 2.05) is 24.3 Å². The maximum absolute atomic E-state index is 13.3. The van der Waals surface area contributed by atoms with Gasteiger partial charge < -0.3 is 5.32 Å². The lowest BCUT2D eigenvalue weighted by atomic mass is 10.1. The number of nitrogens with one attached hydrogen (secondary N) is 1. The highest BCUT2D eigenvalue weighted by atomic mass is 32.2. The number of halogens is 1. The highest BCUT2D eigenvalue weighted by Gasteiger charge is 2.34. The number of thioether (sulfide) groups is 1.